The molecule has 0 bridgehead atoms. The number of nitrogens with zero attached hydrogens (tertiary/aromatic N) is 6. The van der Waals surface area contributed by atoms with E-state index in [0.717, 1.165) is 61.5 Å². The van der Waals surface area contributed by atoms with Crippen molar-refractivity contribution in [2.45, 2.75) is 76.4 Å². The van der Waals surface area contributed by atoms with Gasteiger partial charge in [0.05, 0.1) is 27.2 Å². The second-order valence-electron chi connectivity index (χ2n) is 12.0. The smallest absolute Gasteiger partial charge is 0.243 e. The van der Waals surface area contributed by atoms with E-state index in [4.69, 9.17) is 0 Å². The third kappa shape index (κ3) is 10.6. The lowest BCUT2D eigenvalue weighted by molar-refractivity contribution is -0.671. The van der Waals surface area contributed by atoms with E-state index in [9.17, 15) is 10.2 Å². The predicted molar refractivity (Wildman–Crippen MR) is 207 cm³/mol. The maximum Gasteiger partial charge on any atom is 0.243 e. The topological polar surface area (TPSA) is 64.6 Å². The van der Waals surface area contributed by atoms with Gasteiger partial charge in [-0.1, -0.05) is 54.0 Å². The summed E-state index contributed by atoms with van der Waals surface area (Å²) < 4.78 is 8.51. The Morgan fingerprint density at radius 2 is 0.980 bits per heavy atom. The van der Waals surface area contributed by atoms with Crippen LogP contribution in [0.15, 0.2) is 92.0 Å². The number of aromatic nitrogens is 4. The molecular formula is C41H64N6O2+2. The molecule has 0 amide bonds. The van der Waals surface area contributed by atoms with Crippen molar-refractivity contribution in [3.63, 3.8) is 0 Å². The zero-order chi connectivity index (χ0) is 31.9. The van der Waals surface area contributed by atoms with Crippen molar-refractivity contribution in [3.8, 4) is 11.5 Å². The van der Waals surface area contributed by atoms with Gasteiger partial charge in [-0.2, -0.15) is 0 Å². The number of rotatable bonds is 14. The Kier molecular flexibility index (Phi) is 16.7. The molecule has 8 nitrogen and oxygen atoms in total. The molecule has 2 N–H and O–H groups in total. The number of phenols is 2. The molecule has 0 atom stereocenters. The standard InChI is InChI=1S/C37H46N6O2.4CH4/c1-6-42(22-20-40-18-16-38(4)27-40)34-12-8-30(9-13-34)24-32-26-33(37(45)29(3)36(32)44)25-31-10-14-35(15-11-31)43(7-2)23-21-41-19-17-39(5)28-41;;;;/h8-19,26-28H,6-7,20-25H2,1-5H3;4*1H4/p+2. The van der Waals surface area contributed by atoms with Crippen LogP contribution in [-0.4, -0.2) is 45.5 Å². The molecule has 5 aromatic rings. The fourth-order valence-electron chi connectivity index (χ4n) is 5.98. The molecule has 2 heterocycles. The van der Waals surface area contributed by atoms with Crippen LogP contribution in [0.4, 0.5) is 11.4 Å². The minimum atomic E-state index is 0. The molecule has 0 fully saturated rings. The van der Waals surface area contributed by atoms with Gasteiger partial charge < -0.3 is 20.0 Å². The third-order valence-corrected chi connectivity index (χ3v) is 8.73. The molecule has 0 saturated heterocycles. The summed E-state index contributed by atoms with van der Waals surface area (Å²) in [5, 5.41) is 21.9. The maximum absolute atomic E-state index is 11.0. The molecule has 0 spiro atoms. The van der Waals surface area contributed by atoms with Gasteiger partial charge >= 0.3 is 0 Å². The normalized spacial score (nSPS) is 10.3. The fourth-order valence-corrected chi connectivity index (χ4v) is 5.98. The number of hydrogen-bond acceptors (Lipinski definition) is 4. The fraction of sp³-hybridized carbons (Fsp3) is 0.415. The lowest BCUT2D eigenvalue weighted by atomic mass is 9.94. The average Bonchev–Trinajstić information content (AvgIpc) is 3.67. The molecule has 0 aliphatic rings. The van der Waals surface area contributed by atoms with Gasteiger partial charge in [-0.3, -0.25) is 0 Å². The Morgan fingerprint density at radius 1 is 0.612 bits per heavy atom. The van der Waals surface area contributed by atoms with Crippen molar-refractivity contribution < 1.29 is 19.3 Å². The predicted octanol–water partition coefficient (Wildman–Crippen LogP) is 7.44. The van der Waals surface area contributed by atoms with Crippen molar-refractivity contribution in [3.05, 3.63) is 120 Å². The molecule has 0 aliphatic heterocycles. The van der Waals surface area contributed by atoms with E-state index in [-0.39, 0.29) is 41.2 Å². The van der Waals surface area contributed by atoms with E-state index in [1.54, 1.807) is 6.92 Å². The summed E-state index contributed by atoms with van der Waals surface area (Å²) in [5.41, 5.74) is 6.80. The Hall–Kier alpha value is -4.72. The van der Waals surface area contributed by atoms with Crippen LogP contribution in [0, 0.1) is 6.92 Å². The van der Waals surface area contributed by atoms with E-state index < -0.39 is 0 Å². The summed E-state index contributed by atoms with van der Waals surface area (Å²) >= 11 is 0. The quantitative estimate of drug-likeness (QED) is 0.121. The van der Waals surface area contributed by atoms with Crippen LogP contribution in [0.3, 0.4) is 0 Å². The highest BCUT2D eigenvalue weighted by atomic mass is 16.3. The zero-order valence-corrected chi connectivity index (χ0v) is 27.4. The number of benzene rings is 3. The first-order valence-corrected chi connectivity index (χ1v) is 16.0. The number of hydrogen-bond donors (Lipinski definition) is 2. The van der Waals surface area contributed by atoms with Crippen LogP contribution in [-0.2, 0) is 40.0 Å². The summed E-state index contributed by atoms with van der Waals surface area (Å²) in [6.07, 6.45) is 13.7. The molecular weight excluding hydrogens is 608 g/mol. The van der Waals surface area contributed by atoms with Crippen LogP contribution >= 0.6 is 0 Å². The maximum atomic E-state index is 11.0. The summed E-state index contributed by atoms with van der Waals surface area (Å²) in [5.74, 6) is 0.334. The number of anilines is 2. The molecule has 2 aromatic heterocycles. The van der Waals surface area contributed by atoms with Gasteiger partial charge in [-0.05, 0) is 73.4 Å². The molecule has 0 saturated carbocycles. The second-order valence-corrected chi connectivity index (χ2v) is 12.0. The van der Waals surface area contributed by atoms with Gasteiger partial charge in [0, 0.05) is 42.9 Å². The van der Waals surface area contributed by atoms with Gasteiger partial charge in [0.2, 0.25) is 12.7 Å². The Balaban J connectivity index is 0.00000300. The van der Waals surface area contributed by atoms with Crippen molar-refractivity contribution >= 4 is 11.4 Å². The van der Waals surface area contributed by atoms with Gasteiger partial charge in [0.25, 0.3) is 0 Å². The molecule has 0 aliphatic carbocycles. The first kappa shape index (κ1) is 42.3. The molecule has 8 heteroatoms. The lowest BCUT2D eigenvalue weighted by Gasteiger charge is -2.22. The molecule has 3 aromatic carbocycles. The van der Waals surface area contributed by atoms with Crippen LogP contribution in [0.2, 0.25) is 0 Å². The van der Waals surface area contributed by atoms with Crippen molar-refractivity contribution in [1.82, 2.24) is 9.13 Å². The van der Waals surface area contributed by atoms with Gasteiger partial charge in [0.15, 0.2) is 0 Å². The van der Waals surface area contributed by atoms with Crippen molar-refractivity contribution in [1.29, 1.82) is 0 Å². The minimum Gasteiger partial charge on any atom is -0.507 e. The minimum absolute atomic E-state index is 0. The van der Waals surface area contributed by atoms with E-state index >= 15 is 0 Å². The average molecular weight is 673 g/mol. The summed E-state index contributed by atoms with van der Waals surface area (Å²) in [4.78, 5) is 4.74. The first-order chi connectivity index (χ1) is 21.7. The van der Waals surface area contributed by atoms with Crippen LogP contribution in [0.1, 0.15) is 71.4 Å². The number of aromatic hydroxyl groups is 2. The van der Waals surface area contributed by atoms with Gasteiger partial charge in [-0.25, -0.2) is 18.3 Å². The number of phenolic OH excluding ortho intramolecular Hbond substituents is 2. The Bertz CT molecular complexity index is 1570. The van der Waals surface area contributed by atoms with Crippen molar-refractivity contribution in [2.24, 2.45) is 14.1 Å². The highest BCUT2D eigenvalue weighted by molar-refractivity contribution is 5.56. The largest absolute Gasteiger partial charge is 0.507 e. The summed E-state index contributed by atoms with van der Waals surface area (Å²) in [6, 6.07) is 19.2. The summed E-state index contributed by atoms with van der Waals surface area (Å²) in [6.45, 7) is 11.7. The number of imidazole rings is 2. The molecule has 0 radical (unpaired) electrons. The van der Waals surface area contributed by atoms with E-state index in [1.165, 1.54) is 11.4 Å². The third-order valence-electron chi connectivity index (χ3n) is 8.73. The number of aryl methyl sites for hydroxylation is 2. The molecule has 49 heavy (non-hydrogen) atoms. The first-order valence-electron chi connectivity index (χ1n) is 16.0. The Morgan fingerprint density at radius 3 is 1.29 bits per heavy atom. The highest BCUT2D eigenvalue weighted by Gasteiger charge is 2.16. The molecule has 268 valence electrons. The Labute approximate surface area is 297 Å². The lowest BCUT2D eigenvalue weighted by Crippen LogP contribution is -2.28. The van der Waals surface area contributed by atoms with E-state index in [2.05, 4.69) is 128 Å². The van der Waals surface area contributed by atoms with Gasteiger partial charge in [-0.15, -0.1) is 0 Å². The number of likely N-dealkylation sites (N-methyl/N-ethyl adjacent to an activating group) is 2. The SMILES string of the molecule is C.C.C.C.CCN(CCn1cc[n+](C)c1)c1ccc(Cc2cc(Cc3ccc(N(CC)CCn4cc[n+](C)c4)cc3)c(O)c(C)c2O)cc1. The van der Waals surface area contributed by atoms with E-state index in [0.29, 0.717) is 18.4 Å². The summed E-state index contributed by atoms with van der Waals surface area (Å²) in [7, 11) is 4.07. The highest BCUT2D eigenvalue weighted by Crippen LogP contribution is 2.36. The van der Waals surface area contributed by atoms with Crippen LogP contribution in [0.25, 0.3) is 0 Å². The monoisotopic (exact) mass is 673 g/mol. The van der Waals surface area contributed by atoms with Crippen molar-refractivity contribution in [2.75, 3.05) is 36.0 Å². The van der Waals surface area contributed by atoms with Gasteiger partial charge in [0.1, 0.15) is 49.4 Å². The molecule has 5 rings (SSSR count). The van der Waals surface area contributed by atoms with E-state index in [1.807, 2.05) is 20.2 Å². The second kappa shape index (κ2) is 19.3. The molecule has 0 unspecified atom stereocenters. The van der Waals surface area contributed by atoms with Crippen LogP contribution < -0.4 is 18.9 Å². The zero-order valence-electron chi connectivity index (χ0n) is 27.4. The van der Waals surface area contributed by atoms with Crippen LogP contribution in [0.5, 0.6) is 11.5 Å².